The molecule has 8 heteroatoms. The maximum Gasteiger partial charge on any atom is 0.233 e. The lowest BCUT2D eigenvalue weighted by Crippen LogP contribution is -2.49. The van der Waals surface area contributed by atoms with Crippen molar-refractivity contribution in [2.24, 2.45) is 11.8 Å². The number of nitrogens with zero attached hydrogens (tertiary/aromatic N) is 4. The van der Waals surface area contributed by atoms with Crippen molar-refractivity contribution < 1.29 is 9.59 Å². The summed E-state index contributed by atoms with van der Waals surface area (Å²) in [5, 5.41) is 3.46. The molecule has 4 heterocycles. The number of imide groups is 1. The predicted octanol–water partition coefficient (Wildman–Crippen LogP) is 2.97. The third kappa shape index (κ3) is 3.66. The summed E-state index contributed by atoms with van der Waals surface area (Å²) in [4.78, 5) is 39.0. The molecule has 2 amide bonds. The second kappa shape index (κ2) is 7.97. The fraction of sp³-hybridized carbons (Fsp3) is 0.440. The van der Waals surface area contributed by atoms with E-state index in [-0.39, 0.29) is 23.7 Å². The molecule has 2 saturated heterocycles. The molecule has 0 bridgehead atoms. The molecule has 2 aliphatic heterocycles. The van der Waals surface area contributed by atoms with Crippen LogP contribution in [-0.4, -0.2) is 57.3 Å². The molecule has 3 atom stereocenters. The van der Waals surface area contributed by atoms with Crippen molar-refractivity contribution in [1.29, 1.82) is 0 Å². The van der Waals surface area contributed by atoms with Crippen molar-refractivity contribution in [3.63, 3.8) is 0 Å². The third-order valence-corrected chi connectivity index (χ3v) is 8.28. The number of aryl methyl sites for hydroxylation is 1. The minimum Gasteiger partial charge on any atom is -0.314 e. The highest BCUT2D eigenvalue weighted by molar-refractivity contribution is 7.19. The van der Waals surface area contributed by atoms with Gasteiger partial charge in [0.15, 0.2) is 0 Å². The normalized spacial score (nSPS) is 25.2. The molecule has 1 aliphatic carbocycles. The number of carbonyl (C=O) groups is 2. The molecule has 3 aromatic rings. The van der Waals surface area contributed by atoms with E-state index in [4.69, 9.17) is 4.98 Å². The Morgan fingerprint density at radius 3 is 2.73 bits per heavy atom. The van der Waals surface area contributed by atoms with Crippen LogP contribution in [0.2, 0.25) is 0 Å². The van der Waals surface area contributed by atoms with Crippen molar-refractivity contribution in [3.8, 4) is 11.3 Å². The topological polar surface area (TPSA) is 78.4 Å². The van der Waals surface area contributed by atoms with Crippen LogP contribution < -0.4 is 5.32 Å². The van der Waals surface area contributed by atoms with E-state index >= 15 is 0 Å². The number of hydrogen-bond acceptors (Lipinski definition) is 7. The fourth-order valence-electron chi connectivity index (χ4n) is 5.12. The lowest BCUT2D eigenvalue weighted by molar-refractivity contribution is -0.141. The quantitative estimate of drug-likeness (QED) is 0.589. The molecule has 0 spiro atoms. The predicted molar refractivity (Wildman–Crippen MR) is 127 cm³/mol. The lowest BCUT2D eigenvalue weighted by atomic mass is 10.00. The Morgan fingerprint density at radius 1 is 1.12 bits per heavy atom. The maximum atomic E-state index is 12.4. The number of likely N-dealkylation sites (tertiary alicyclic amines) is 1. The number of fused-ring (bicyclic) bond motifs is 2. The standard InChI is InChI=1S/C25H27N5O2S/c1-14-3-4-16(11-29-6-5-26-10-15(29)2)18(7-14)22-23-21(27-13-28-22)8-17(33-23)12-30-24(31)19-9-20(19)25(30)32/h3-4,7-8,13,15,19-20,26H,5-6,9-12H2,1-2H3/t15-,19?,20?/m0/s1. The number of benzene rings is 1. The number of piperazine rings is 1. The molecule has 3 aliphatic rings. The highest BCUT2D eigenvalue weighted by Gasteiger charge is 2.58. The Balaban J connectivity index is 1.35. The first-order valence-electron chi connectivity index (χ1n) is 11.6. The highest BCUT2D eigenvalue weighted by Crippen LogP contribution is 2.47. The second-order valence-corrected chi connectivity index (χ2v) is 10.7. The van der Waals surface area contributed by atoms with E-state index in [1.807, 2.05) is 6.07 Å². The van der Waals surface area contributed by atoms with Crippen LogP contribution in [0.3, 0.4) is 0 Å². The number of rotatable bonds is 5. The molecule has 2 aromatic heterocycles. The van der Waals surface area contributed by atoms with Crippen LogP contribution in [0.4, 0.5) is 0 Å². The number of amides is 2. The Hall–Kier alpha value is -2.68. The van der Waals surface area contributed by atoms with E-state index in [9.17, 15) is 9.59 Å². The zero-order valence-corrected chi connectivity index (χ0v) is 19.7. The van der Waals surface area contributed by atoms with E-state index in [1.54, 1.807) is 17.7 Å². The second-order valence-electron chi connectivity index (χ2n) is 9.54. The van der Waals surface area contributed by atoms with Gasteiger partial charge in [0.25, 0.3) is 0 Å². The van der Waals surface area contributed by atoms with Gasteiger partial charge in [0.2, 0.25) is 11.8 Å². The number of hydrogen-bond donors (Lipinski definition) is 1. The minimum atomic E-state index is -0.0653. The van der Waals surface area contributed by atoms with E-state index in [2.05, 4.69) is 47.2 Å². The Bertz CT molecular complexity index is 1250. The monoisotopic (exact) mass is 461 g/mol. The van der Waals surface area contributed by atoms with Gasteiger partial charge in [0.05, 0.1) is 34.3 Å². The highest BCUT2D eigenvalue weighted by atomic mass is 32.1. The number of piperidine rings is 1. The van der Waals surface area contributed by atoms with Crippen LogP contribution in [0, 0.1) is 18.8 Å². The Kier molecular flexibility index (Phi) is 5.05. The van der Waals surface area contributed by atoms with E-state index < -0.39 is 0 Å². The lowest BCUT2D eigenvalue weighted by Gasteiger charge is -2.34. The van der Waals surface area contributed by atoms with Gasteiger partial charge >= 0.3 is 0 Å². The van der Waals surface area contributed by atoms with Gasteiger partial charge in [-0.3, -0.25) is 19.4 Å². The Morgan fingerprint density at radius 2 is 1.94 bits per heavy atom. The molecule has 1 aromatic carbocycles. The molecular formula is C25H27N5O2S. The van der Waals surface area contributed by atoms with Crippen molar-refractivity contribution in [2.75, 3.05) is 19.6 Å². The van der Waals surface area contributed by atoms with Crippen LogP contribution in [-0.2, 0) is 22.7 Å². The smallest absolute Gasteiger partial charge is 0.233 e. The van der Waals surface area contributed by atoms with Gasteiger partial charge in [-0.05, 0) is 38.0 Å². The first-order chi connectivity index (χ1) is 16.0. The van der Waals surface area contributed by atoms with Crippen LogP contribution in [0.5, 0.6) is 0 Å². The van der Waals surface area contributed by atoms with Gasteiger partial charge in [-0.25, -0.2) is 9.97 Å². The summed E-state index contributed by atoms with van der Waals surface area (Å²) in [5.74, 6) is -0.159. The van der Waals surface area contributed by atoms with Gasteiger partial charge in [0.1, 0.15) is 6.33 Å². The molecule has 6 rings (SSSR count). The summed E-state index contributed by atoms with van der Waals surface area (Å²) in [5.41, 5.74) is 5.38. The first kappa shape index (κ1) is 20.9. The molecule has 0 radical (unpaired) electrons. The molecular weight excluding hydrogens is 434 g/mol. The van der Waals surface area contributed by atoms with Gasteiger partial charge in [-0.1, -0.05) is 17.7 Å². The van der Waals surface area contributed by atoms with Crippen LogP contribution >= 0.6 is 11.3 Å². The SMILES string of the molecule is Cc1ccc(CN2CCNC[C@@H]2C)c(-c2ncnc3cc(CN4C(=O)C5CC5C4=O)sc23)c1. The van der Waals surface area contributed by atoms with Gasteiger partial charge in [-0.15, -0.1) is 11.3 Å². The molecule has 1 saturated carbocycles. The molecule has 2 unspecified atom stereocenters. The van der Waals surface area contributed by atoms with Gasteiger partial charge in [-0.2, -0.15) is 0 Å². The van der Waals surface area contributed by atoms with Gasteiger partial charge < -0.3 is 5.32 Å². The summed E-state index contributed by atoms with van der Waals surface area (Å²) < 4.78 is 1.01. The fourth-order valence-corrected chi connectivity index (χ4v) is 6.22. The summed E-state index contributed by atoms with van der Waals surface area (Å²) in [6.45, 7) is 8.62. The number of aromatic nitrogens is 2. The van der Waals surface area contributed by atoms with Crippen LogP contribution in [0.15, 0.2) is 30.6 Å². The van der Waals surface area contributed by atoms with E-state index in [1.165, 1.54) is 16.0 Å². The Labute approximate surface area is 196 Å². The summed E-state index contributed by atoms with van der Waals surface area (Å²) in [7, 11) is 0. The largest absolute Gasteiger partial charge is 0.314 e. The minimum absolute atomic E-state index is 0.0140. The van der Waals surface area contributed by atoms with Crippen molar-refractivity contribution >= 4 is 33.4 Å². The zero-order valence-electron chi connectivity index (χ0n) is 18.9. The first-order valence-corrected chi connectivity index (χ1v) is 12.4. The van der Waals surface area contributed by atoms with Crippen molar-refractivity contribution in [2.45, 2.75) is 39.4 Å². The molecule has 7 nitrogen and oxygen atoms in total. The molecule has 1 N–H and O–H groups in total. The summed E-state index contributed by atoms with van der Waals surface area (Å²) in [6, 6.07) is 9.08. The van der Waals surface area contributed by atoms with Crippen molar-refractivity contribution in [1.82, 2.24) is 25.1 Å². The van der Waals surface area contributed by atoms with Crippen LogP contribution in [0.25, 0.3) is 21.5 Å². The van der Waals surface area contributed by atoms with Gasteiger partial charge in [0, 0.05) is 42.7 Å². The molecule has 33 heavy (non-hydrogen) atoms. The average Bonchev–Trinajstić information content (AvgIpc) is 3.44. The maximum absolute atomic E-state index is 12.4. The third-order valence-electron chi connectivity index (χ3n) is 7.17. The molecule has 3 fully saturated rings. The zero-order chi connectivity index (χ0) is 22.7. The number of thiophene rings is 1. The summed E-state index contributed by atoms with van der Waals surface area (Å²) >= 11 is 1.59. The van der Waals surface area contributed by atoms with Crippen LogP contribution in [0.1, 0.15) is 29.3 Å². The summed E-state index contributed by atoms with van der Waals surface area (Å²) in [6.07, 6.45) is 2.35. The average molecular weight is 462 g/mol. The van der Waals surface area contributed by atoms with E-state index in [0.29, 0.717) is 12.6 Å². The van der Waals surface area contributed by atoms with Crippen molar-refractivity contribution in [3.05, 3.63) is 46.6 Å². The number of nitrogens with one attached hydrogen (secondary N) is 1. The number of carbonyl (C=O) groups excluding carboxylic acids is 2. The molecule has 170 valence electrons. The van der Waals surface area contributed by atoms with E-state index in [0.717, 1.165) is 59.0 Å².